The number of aliphatic carboxylic acids is 1. The van der Waals surface area contributed by atoms with Gasteiger partial charge in [-0.3, -0.25) is 14.5 Å². The second-order valence-corrected chi connectivity index (χ2v) is 5.33. The first-order valence-corrected chi connectivity index (χ1v) is 7.58. The molecule has 120 valence electrons. The van der Waals surface area contributed by atoms with Gasteiger partial charge in [-0.25, -0.2) is 0 Å². The van der Waals surface area contributed by atoms with Crippen LogP contribution in [0, 0.1) is 0 Å². The largest absolute Gasteiger partial charge is 0.492 e. The number of amides is 1. The summed E-state index contributed by atoms with van der Waals surface area (Å²) >= 11 is 0. The lowest BCUT2D eigenvalue weighted by atomic mass is 10.0. The molecule has 6 heteroatoms. The lowest BCUT2D eigenvalue weighted by molar-refractivity contribution is -0.145. The van der Waals surface area contributed by atoms with Crippen molar-refractivity contribution in [2.45, 2.75) is 25.3 Å². The van der Waals surface area contributed by atoms with E-state index >= 15 is 0 Å². The smallest absolute Gasteiger partial charge is 0.320 e. The Kier molecular flexibility index (Phi) is 6.21. The maximum atomic E-state index is 11.9. The first-order valence-electron chi connectivity index (χ1n) is 7.58. The van der Waals surface area contributed by atoms with Crippen LogP contribution in [0.15, 0.2) is 30.3 Å². The number of piperidine rings is 1. The number of carboxylic acid groups (broad SMARTS) is 1. The number of carbonyl (C=O) groups is 2. The van der Waals surface area contributed by atoms with Crippen LogP contribution in [0.4, 0.5) is 0 Å². The molecule has 2 rings (SSSR count). The second kappa shape index (κ2) is 8.38. The molecule has 6 nitrogen and oxygen atoms in total. The Morgan fingerprint density at radius 1 is 1.27 bits per heavy atom. The summed E-state index contributed by atoms with van der Waals surface area (Å²) in [7, 11) is 0. The van der Waals surface area contributed by atoms with E-state index in [1.165, 1.54) is 0 Å². The number of nitrogens with zero attached hydrogens (tertiary/aromatic N) is 1. The molecule has 1 heterocycles. The van der Waals surface area contributed by atoms with Crippen molar-refractivity contribution >= 4 is 11.9 Å². The van der Waals surface area contributed by atoms with E-state index in [-0.39, 0.29) is 12.5 Å². The standard InChI is InChI=1S/C16H22N2O4/c19-15(12-18-10-5-4-8-14(18)16(20)21)17-9-11-22-13-6-2-1-3-7-13/h1-3,6-7,14H,4-5,8-12H2,(H,17,19)(H,20,21). The minimum atomic E-state index is -0.847. The molecule has 1 atom stereocenters. The van der Waals surface area contributed by atoms with Crippen molar-refractivity contribution in [3.05, 3.63) is 30.3 Å². The SMILES string of the molecule is O=C(CN1CCCCC1C(=O)O)NCCOc1ccccc1. The number of hydrogen-bond acceptors (Lipinski definition) is 4. The number of nitrogens with one attached hydrogen (secondary N) is 1. The van der Waals surface area contributed by atoms with Gasteiger partial charge in [-0.15, -0.1) is 0 Å². The van der Waals surface area contributed by atoms with Crippen LogP contribution in [-0.4, -0.2) is 54.2 Å². The molecule has 1 amide bonds. The zero-order valence-corrected chi connectivity index (χ0v) is 12.5. The zero-order valence-electron chi connectivity index (χ0n) is 12.5. The average Bonchev–Trinajstić information content (AvgIpc) is 2.53. The summed E-state index contributed by atoms with van der Waals surface area (Å²) in [5, 5.41) is 11.9. The van der Waals surface area contributed by atoms with Gasteiger partial charge in [-0.05, 0) is 31.5 Å². The molecular weight excluding hydrogens is 284 g/mol. The van der Waals surface area contributed by atoms with Crippen molar-refractivity contribution in [2.24, 2.45) is 0 Å². The highest BCUT2D eigenvalue weighted by molar-refractivity contribution is 5.80. The van der Waals surface area contributed by atoms with E-state index in [1.54, 1.807) is 4.90 Å². The van der Waals surface area contributed by atoms with Crippen LogP contribution in [0.25, 0.3) is 0 Å². The van der Waals surface area contributed by atoms with Crippen molar-refractivity contribution in [3.63, 3.8) is 0 Å². The number of para-hydroxylation sites is 1. The summed E-state index contributed by atoms with van der Waals surface area (Å²) in [6.45, 7) is 1.57. The number of ether oxygens (including phenoxy) is 1. The highest BCUT2D eigenvalue weighted by Crippen LogP contribution is 2.16. The van der Waals surface area contributed by atoms with E-state index in [2.05, 4.69) is 5.32 Å². The number of likely N-dealkylation sites (tertiary alicyclic amines) is 1. The predicted octanol–water partition coefficient (Wildman–Crippen LogP) is 1.12. The van der Waals surface area contributed by atoms with Gasteiger partial charge >= 0.3 is 5.97 Å². The molecule has 1 saturated heterocycles. The topological polar surface area (TPSA) is 78.9 Å². The first-order chi connectivity index (χ1) is 10.7. The van der Waals surface area contributed by atoms with E-state index in [0.29, 0.717) is 26.1 Å². The fraction of sp³-hybridized carbons (Fsp3) is 0.500. The summed E-state index contributed by atoms with van der Waals surface area (Å²) in [6.07, 6.45) is 2.45. The lowest BCUT2D eigenvalue weighted by Crippen LogP contribution is -2.49. The fourth-order valence-electron chi connectivity index (χ4n) is 2.58. The Hall–Kier alpha value is -2.08. The third-order valence-corrected chi connectivity index (χ3v) is 3.68. The van der Waals surface area contributed by atoms with Crippen molar-refractivity contribution in [2.75, 3.05) is 26.2 Å². The highest BCUT2D eigenvalue weighted by Gasteiger charge is 2.29. The van der Waals surface area contributed by atoms with Gasteiger partial charge < -0.3 is 15.2 Å². The summed E-state index contributed by atoms with van der Waals surface area (Å²) in [4.78, 5) is 24.8. The maximum Gasteiger partial charge on any atom is 0.320 e. The molecule has 0 aliphatic carbocycles. The Bertz CT molecular complexity index is 492. The summed E-state index contributed by atoms with van der Waals surface area (Å²) in [6, 6.07) is 8.85. The van der Waals surface area contributed by atoms with Crippen LogP contribution in [0.1, 0.15) is 19.3 Å². The first kappa shape index (κ1) is 16.3. The minimum absolute atomic E-state index is 0.127. The average molecular weight is 306 g/mol. The molecule has 1 aliphatic heterocycles. The van der Waals surface area contributed by atoms with Gasteiger partial charge in [0, 0.05) is 0 Å². The Balaban J connectivity index is 1.67. The van der Waals surface area contributed by atoms with Gasteiger partial charge in [0.05, 0.1) is 13.1 Å². The molecule has 1 unspecified atom stereocenters. The number of benzene rings is 1. The van der Waals surface area contributed by atoms with E-state index < -0.39 is 12.0 Å². The third-order valence-electron chi connectivity index (χ3n) is 3.68. The Morgan fingerprint density at radius 2 is 2.05 bits per heavy atom. The summed E-state index contributed by atoms with van der Waals surface area (Å²) in [5.74, 6) is -0.247. The van der Waals surface area contributed by atoms with Crippen LogP contribution in [-0.2, 0) is 9.59 Å². The van der Waals surface area contributed by atoms with Gasteiger partial charge in [0.1, 0.15) is 18.4 Å². The Morgan fingerprint density at radius 3 is 2.77 bits per heavy atom. The number of carboxylic acids is 1. The van der Waals surface area contributed by atoms with E-state index in [4.69, 9.17) is 9.84 Å². The molecular formula is C16H22N2O4. The predicted molar refractivity (Wildman–Crippen MR) is 81.8 cm³/mol. The van der Waals surface area contributed by atoms with E-state index in [9.17, 15) is 9.59 Å². The van der Waals surface area contributed by atoms with Gasteiger partial charge in [-0.2, -0.15) is 0 Å². The number of hydrogen-bond donors (Lipinski definition) is 2. The van der Waals surface area contributed by atoms with Crippen LogP contribution >= 0.6 is 0 Å². The number of carbonyl (C=O) groups excluding carboxylic acids is 1. The molecule has 1 aromatic rings. The van der Waals surface area contributed by atoms with Gasteiger partial charge in [0.2, 0.25) is 5.91 Å². The van der Waals surface area contributed by atoms with Crippen LogP contribution in [0.3, 0.4) is 0 Å². The molecule has 1 fully saturated rings. The van der Waals surface area contributed by atoms with Gasteiger partial charge in [0.25, 0.3) is 0 Å². The summed E-state index contributed by atoms with van der Waals surface area (Å²) in [5.41, 5.74) is 0. The number of rotatable bonds is 7. The maximum absolute atomic E-state index is 11.9. The van der Waals surface area contributed by atoms with Gasteiger partial charge in [0.15, 0.2) is 0 Å². The fourth-order valence-corrected chi connectivity index (χ4v) is 2.58. The van der Waals surface area contributed by atoms with E-state index in [1.807, 2.05) is 30.3 Å². The molecule has 0 radical (unpaired) electrons. The molecule has 0 aromatic heterocycles. The van der Waals surface area contributed by atoms with E-state index in [0.717, 1.165) is 18.6 Å². The zero-order chi connectivity index (χ0) is 15.8. The van der Waals surface area contributed by atoms with Crippen LogP contribution < -0.4 is 10.1 Å². The quantitative estimate of drug-likeness (QED) is 0.738. The third kappa shape index (κ3) is 5.04. The highest BCUT2D eigenvalue weighted by atomic mass is 16.5. The van der Waals surface area contributed by atoms with Crippen molar-refractivity contribution < 1.29 is 19.4 Å². The molecule has 0 saturated carbocycles. The monoisotopic (exact) mass is 306 g/mol. The Labute approximate surface area is 130 Å². The van der Waals surface area contributed by atoms with Crippen LogP contribution in [0.5, 0.6) is 5.75 Å². The van der Waals surface area contributed by atoms with Crippen molar-refractivity contribution in [1.82, 2.24) is 10.2 Å². The normalized spacial score (nSPS) is 18.6. The van der Waals surface area contributed by atoms with Crippen LogP contribution in [0.2, 0.25) is 0 Å². The molecule has 0 bridgehead atoms. The molecule has 1 aliphatic rings. The van der Waals surface area contributed by atoms with Crippen molar-refractivity contribution in [1.29, 1.82) is 0 Å². The lowest BCUT2D eigenvalue weighted by Gasteiger charge is -2.32. The van der Waals surface area contributed by atoms with Crippen molar-refractivity contribution in [3.8, 4) is 5.75 Å². The summed E-state index contributed by atoms with van der Waals surface area (Å²) < 4.78 is 5.48. The molecule has 0 spiro atoms. The second-order valence-electron chi connectivity index (χ2n) is 5.33. The molecule has 2 N–H and O–H groups in total. The van der Waals surface area contributed by atoms with Gasteiger partial charge in [-0.1, -0.05) is 24.6 Å². The molecule has 22 heavy (non-hydrogen) atoms. The minimum Gasteiger partial charge on any atom is -0.492 e. The molecule has 1 aromatic carbocycles.